The molecule has 0 atom stereocenters. The van der Waals surface area contributed by atoms with E-state index >= 15 is 0 Å². The van der Waals surface area contributed by atoms with Crippen LogP contribution in [0.3, 0.4) is 0 Å². The Morgan fingerprint density at radius 2 is 1.97 bits per heavy atom. The number of aliphatic hydroxyl groups is 1. The predicted octanol–water partition coefficient (Wildman–Crippen LogP) is 3.32. The minimum absolute atomic E-state index is 0.189. The van der Waals surface area contributed by atoms with Crippen LogP contribution in [0, 0.1) is 5.92 Å². The van der Waals surface area contributed by atoms with Gasteiger partial charge in [0.25, 0.3) is 0 Å². The SMILES string of the molecule is Nc1nccc2c1nc(Sc1cc3c(cc1Br)OCCO3)n2CCC1CCN(C(=O)CO)CC1. The monoisotopic (exact) mass is 547 g/mol. The normalized spacial score (nSPS) is 16.2. The molecule has 3 aromatic rings. The lowest BCUT2D eigenvalue weighted by Crippen LogP contribution is -2.40. The number of pyridine rings is 1. The average Bonchev–Trinajstić information content (AvgIpc) is 3.21. The van der Waals surface area contributed by atoms with E-state index in [4.69, 9.17) is 25.3 Å². The highest BCUT2D eigenvalue weighted by Gasteiger charge is 2.24. The lowest BCUT2D eigenvalue weighted by molar-refractivity contribution is -0.135. The molecule has 2 aliphatic heterocycles. The van der Waals surface area contributed by atoms with Crippen LogP contribution in [0.15, 0.2) is 38.9 Å². The second kappa shape index (κ2) is 10.0. The summed E-state index contributed by atoms with van der Waals surface area (Å²) in [7, 11) is 0. The van der Waals surface area contributed by atoms with E-state index in [0.717, 1.165) is 57.3 Å². The molecule has 0 unspecified atom stereocenters. The number of hydrogen-bond acceptors (Lipinski definition) is 8. The number of hydrogen-bond donors (Lipinski definition) is 2. The molecule has 0 bridgehead atoms. The molecule has 0 aliphatic carbocycles. The lowest BCUT2D eigenvalue weighted by Gasteiger charge is -2.31. The summed E-state index contributed by atoms with van der Waals surface area (Å²) in [5.41, 5.74) is 7.80. The highest BCUT2D eigenvalue weighted by Crippen LogP contribution is 2.42. The number of aryl methyl sites for hydroxylation is 1. The van der Waals surface area contributed by atoms with E-state index in [-0.39, 0.29) is 5.91 Å². The first-order chi connectivity index (χ1) is 16.5. The van der Waals surface area contributed by atoms with Crippen molar-refractivity contribution in [3.05, 3.63) is 28.9 Å². The van der Waals surface area contributed by atoms with Crippen molar-refractivity contribution in [2.24, 2.45) is 5.92 Å². The largest absolute Gasteiger partial charge is 0.486 e. The van der Waals surface area contributed by atoms with Gasteiger partial charge in [-0.15, -0.1) is 0 Å². The van der Waals surface area contributed by atoms with Crippen molar-refractivity contribution in [2.75, 3.05) is 38.6 Å². The van der Waals surface area contributed by atoms with Gasteiger partial charge in [-0.05, 0) is 59.3 Å². The van der Waals surface area contributed by atoms with Gasteiger partial charge in [0.1, 0.15) is 25.3 Å². The zero-order chi connectivity index (χ0) is 23.7. The molecule has 34 heavy (non-hydrogen) atoms. The number of imidazole rings is 1. The van der Waals surface area contributed by atoms with Crippen molar-refractivity contribution in [2.45, 2.75) is 35.9 Å². The highest BCUT2D eigenvalue weighted by molar-refractivity contribution is 9.10. The summed E-state index contributed by atoms with van der Waals surface area (Å²) in [6, 6.07) is 5.85. The van der Waals surface area contributed by atoms with Crippen molar-refractivity contribution in [1.29, 1.82) is 0 Å². The first-order valence-electron chi connectivity index (χ1n) is 11.3. The number of piperidine rings is 1. The summed E-state index contributed by atoms with van der Waals surface area (Å²) in [4.78, 5) is 23.5. The van der Waals surface area contributed by atoms with Crippen molar-refractivity contribution in [1.82, 2.24) is 19.4 Å². The molecular formula is C23H26BrN5O4S. The van der Waals surface area contributed by atoms with Crippen LogP contribution in [0.2, 0.25) is 0 Å². The molecule has 0 saturated carbocycles. The first kappa shape index (κ1) is 23.3. The Morgan fingerprint density at radius 1 is 1.24 bits per heavy atom. The summed E-state index contributed by atoms with van der Waals surface area (Å²) >= 11 is 5.21. The average molecular weight is 548 g/mol. The standard InChI is InChI=1S/C23H26BrN5O4S/c24-15-11-17-18(33-10-9-32-17)12-19(15)34-23-27-21-16(1-5-26-22(21)25)29(23)8-4-14-2-6-28(7-3-14)20(31)13-30/h1,5,11-12,14,30H,2-4,6-10,13H2,(H2,25,26). The number of nitrogens with two attached hydrogens (primary N) is 1. The third-order valence-corrected chi connectivity index (χ3v) is 8.29. The Kier molecular flexibility index (Phi) is 6.84. The van der Waals surface area contributed by atoms with Gasteiger partial charge in [0.15, 0.2) is 22.5 Å². The third-order valence-electron chi connectivity index (χ3n) is 6.32. The van der Waals surface area contributed by atoms with Crippen LogP contribution in [0.25, 0.3) is 11.0 Å². The number of ether oxygens (including phenoxy) is 2. The molecule has 0 radical (unpaired) electrons. The van der Waals surface area contributed by atoms with Crippen LogP contribution in [0.1, 0.15) is 19.3 Å². The van der Waals surface area contributed by atoms with Crippen LogP contribution < -0.4 is 15.2 Å². The number of halogens is 1. The third kappa shape index (κ3) is 4.69. The van der Waals surface area contributed by atoms with Crippen molar-refractivity contribution in [3.8, 4) is 11.5 Å². The van der Waals surface area contributed by atoms with Gasteiger partial charge in [0, 0.05) is 35.2 Å². The minimum atomic E-state index is -0.419. The Morgan fingerprint density at radius 3 is 2.71 bits per heavy atom. The van der Waals surface area contributed by atoms with Gasteiger partial charge in [-0.25, -0.2) is 9.97 Å². The number of likely N-dealkylation sites (tertiary alicyclic amines) is 1. The van der Waals surface area contributed by atoms with E-state index in [2.05, 4.69) is 25.5 Å². The fraction of sp³-hybridized carbons (Fsp3) is 0.435. The Bertz CT molecular complexity index is 1210. The van der Waals surface area contributed by atoms with Gasteiger partial charge in [0.2, 0.25) is 5.91 Å². The van der Waals surface area contributed by atoms with Gasteiger partial charge in [-0.1, -0.05) is 11.8 Å². The topological polar surface area (TPSA) is 116 Å². The van der Waals surface area contributed by atoms with Gasteiger partial charge < -0.3 is 29.8 Å². The molecule has 1 fully saturated rings. The summed E-state index contributed by atoms with van der Waals surface area (Å²) in [5, 5.41) is 9.94. The van der Waals surface area contributed by atoms with E-state index in [1.54, 1.807) is 22.9 Å². The number of carbonyl (C=O) groups excluding carboxylic acids is 1. The number of fused-ring (bicyclic) bond motifs is 2. The molecule has 1 amide bonds. The van der Waals surface area contributed by atoms with E-state index in [0.29, 0.717) is 43.6 Å². The van der Waals surface area contributed by atoms with Crippen molar-refractivity contribution >= 4 is 50.5 Å². The fourth-order valence-electron chi connectivity index (χ4n) is 4.45. The quantitative estimate of drug-likeness (QED) is 0.482. The maximum atomic E-state index is 11.8. The number of benzene rings is 1. The maximum Gasteiger partial charge on any atom is 0.248 e. The second-order valence-corrected chi connectivity index (χ2v) is 10.3. The summed E-state index contributed by atoms with van der Waals surface area (Å²) < 4.78 is 14.6. The number of aromatic nitrogens is 3. The van der Waals surface area contributed by atoms with E-state index in [1.807, 2.05) is 18.2 Å². The van der Waals surface area contributed by atoms with Gasteiger partial charge >= 0.3 is 0 Å². The van der Waals surface area contributed by atoms with Crippen molar-refractivity contribution < 1.29 is 19.4 Å². The summed E-state index contributed by atoms with van der Waals surface area (Å²) in [5.74, 6) is 2.18. The smallest absolute Gasteiger partial charge is 0.248 e. The Balaban J connectivity index is 1.38. The van der Waals surface area contributed by atoms with Gasteiger partial charge in [-0.3, -0.25) is 4.79 Å². The van der Waals surface area contributed by atoms with Crippen LogP contribution in [-0.2, 0) is 11.3 Å². The maximum absolute atomic E-state index is 11.8. The zero-order valence-electron chi connectivity index (χ0n) is 18.6. The lowest BCUT2D eigenvalue weighted by atomic mass is 9.93. The second-order valence-electron chi connectivity index (χ2n) is 8.41. The molecular weight excluding hydrogens is 522 g/mol. The first-order valence-corrected chi connectivity index (χ1v) is 12.9. The van der Waals surface area contributed by atoms with Crippen LogP contribution in [0.5, 0.6) is 11.5 Å². The summed E-state index contributed by atoms with van der Waals surface area (Å²) in [6.45, 7) is 2.82. The van der Waals surface area contributed by atoms with E-state index in [1.165, 1.54) is 0 Å². The molecule has 180 valence electrons. The van der Waals surface area contributed by atoms with E-state index < -0.39 is 6.61 Å². The molecule has 5 rings (SSSR count). The Hall–Kier alpha value is -2.50. The number of nitrogen functional groups attached to an aromatic ring is 1. The molecule has 11 heteroatoms. The van der Waals surface area contributed by atoms with E-state index in [9.17, 15) is 4.79 Å². The Labute approximate surface area is 209 Å². The zero-order valence-corrected chi connectivity index (χ0v) is 21.0. The molecule has 0 spiro atoms. The summed E-state index contributed by atoms with van der Waals surface area (Å²) in [6.07, 6.45) is 4.53. The predicted molar refractivity (Wildman–Crippen MR) is 132 cm³/mol. The number of anilines is 1. The van der Waals surface area contributed by atoms with Crippen LogP contribution >= 0.6 is 27.7 Å². The number of nitrogens with zero attached hydrogens (tertiary/aromatic N) is 4. The number of aliphatic hydroxyl groups excluding tert-OH is 1. The number of rotatable bonds is 6. The molecule has 2 aromatic heterocycles. The molecule has 1 saturated heterocycles. The van der Waals surface area contributed by atoms with Crippen molar-refractivity contribution in [3.63, 3.8) is 0 Å². The number of amides is 1. The molecule has 4 heterocycles. The number of carbonyl (C=O) groups is 1. The fourth-order valence-corrected chi connectivity index (χ4v) is 5.97. The molecule has 3 N–H and O–H groups in total. The molecule has 2 aliphatic rings. The highest BCUT2D eigenvalue weighted by atomic mass is 79.9. The van der Waals surface area contributed by atoms with Gasteiger partial charge in [-0.2, -0.15) is 0 Å². The molecule has 9 nitrogen and oxygen atoms in total. The van der Waals surface area contributed by atoms with Crippen LogP contribution in [0.4, 0.5) is 5.82 Å². The molecule has 1 aromatic carbocycles. The minimum Gasteiger partial charge on any atom is -0.486 e. The van der Waals surface area contributed by atoms with Gasteiger partial charge in [0.05, 0.1) is 5.52 Å². The van der Waals surface area contributed by atoms with Crippen LogP contribution in [-0.4, -0.2) is 63.4 Å².